The zero-order valence-electron chi connectivity index (χ0n) is 18.9. The molecule has 2 aromatic carbocycles. The van der Waals surface area contributed by atoms with Crippen molar-refractivity contribution < 1.29 is 9.59 Å². The molecular weight excluding hydrogens is 446 g/mol. The molecule has 0 bridgehead atoms. The fraction of sp³-hybridized carbons (Fsp3) is 0.231. The molecule has 2 aromatic heterocycles. The number of hydrogen-bond acceptors (Lipinski definition) is 6. The number of para-hydroxylation sites is 1. The molecule has 34 heavy (non-hydrogen) atoms. The molecule has 0 saturated heterocycles. The number of amides is 1. The van der Waals surface area contributed by atoms with Crippen LogP contribution < -0.4 is 10.6 Å². The number of nitrogens with one attached hydrogen (secondary N) is 2. The first kappa shape index (κ1) is 20.8. The number of aromatic nitrogens is 3. The number of allylic oxidation sites excluding steroid dienone is 2. The lowest BCUT2D eigenvalue weighted by Gasteiger charge is -2.32. The Kier molecular flexibility index (Phi) is 4.84. The van der Waals surface area contributed by atoms with Gasteiger partial charge in [-0.15, -0.1) is 0 Å². The minimum absolute atomic E-state index is 0.114. The zero-order chi connectivity index (χ0) is 23.4. The van der Waals surface area contributed by atoms with Crippen LogP contribution in [0.5, 0.6) is 0 Å². The average molecular weight is 470 g/mol. The number of benzene rings is 2. The molecule has 3 heterocycles. The first-order chi connectivity index (χ1) is 16.5. The number of nitrogens with zero attached hydrogens (tertiary/aromatic N) is 3. The van der Waals surface area contributed by atoms with Crippen molar-refractivity contribution in [2.24, 2.45) is 0 Å². The van der Waals surface area contributed by atoms with Crippen LogP contribution in [0.4, 0.5) is 11.5 Å². The maximum atomic E-state index is 13.1. The Bertz CT molecular complexity index is 1460. The van der Waals surface area contributed by atoms with Crippen molar-refractivity contribution >= 4 is 44.7 Å². The van der Waals surface area contributed by atoms with Crippen molar-refractivity contribution in [2.45, 2.75) is 39.0 Å². The Hall–Kier alpha value is -3.78. The molecule has 1 aliphatic heterocycles. The second kappa shape index (κ2) is 7.92. The Balaban J connectivity index is 1.52. The van der Waals surface area contributed by atoms with E-state index in [-0.39, 0.29) is 17.6 Å². The molecule has 0 fully saturated rings. The predicted molar refractivity (Wildman–Crippen MR) is 134 cm³/mol. The molecule has 170 valence electrons. The van der Waals surface area contributed by atoms with Crippen LogP contribution in [0.2, 0.25) is 0 Å². The van der Waals surface area contributed by atoms with Crippen molar-refractivity contribution in [1.82, 2.24) is 14.8 Å². The van der Waals surface area contributed by atoms with Gasteiger partial charge in [-0.2, -0.15) is 9.78 Å². The Morgan fingerprint density at radius 2 is 1.94 bits per heavy atom. The van der Waals surface area contributed by atoms with Gasteiger partial charge < -0.3 is 10.6 Å². The van der Waals surface area contributed by atoms with Gasteiger partial charge in [0.1, 0.15) is 5.82 Å². The van der Waals surface area contributed by atoms with E-state index in [0.29, 0.717) is 6.42 Å². The van der Waals surface area contributed by atoms with Gasteiger partial charge in [0.05, 0.1) is 15.9 Å². The van der Waals surface area contributed by atoms with Crippen LogP contribution in [0.15, 0.2) is 59.8 Å². The second-order valence-corrected chi connectivity index (χ2v) is 9.76. The largest absolute Gasteiger partial charge is 0.343 e. The van der Waals surface area contributed by atoms with Gasteiger partial charge in [-0.1, -0.05) is 35.6 Å². The molecule has 1 aliphatic carbocycles. The summed E-state index contributed by atoms with van der Waals surface area (Å²) in [5.74, 6) is 0.731. The maximum Gasteiger partial charge on any atom is 0.221 e. The summed E-state index contributed by atoms with van der Waals surface area (Å²) in [5.41, 5.74) is 6.35. The maximum absolute atomic E-state index is 13.1. The number of Topliss-reactive ketones (excluding diaryl/α,β-unsaturated/α-hetero) is 1. The number of carbonyl (C=O) groups excluding carboxylic acids is 2. The van der Waals surface area contributed by atoms with Gasteiger partial charge in [0.25, 0.3) is 0 Å². The number of thiazole rings is 1. The van der Waals surface area contributed by atoms with Crippen LogP contribution in [0.1, 0.15) is 48.9 Å². The predicted octanol–water partition coefficient (Wildman–Crippen LogP) is 5.31. The van der Waals surface area contributed by atoms with E-state index < -0.39 is 0 Å². The van der Waals surface area contributed by atoms with E-state index >= 15 is 0 Å². The molecule has 0 unspecified atom stereocenters. The van der Waals surface area contributed by atoms with Crippen LogP contribution in [-0.4, -0.2) is 26.5 Å². The summed E-state index contributed by atoms with van der Waals surface area (Å²) in [7, 11) is 0. The normalized spacial score (nSPS) is 17.4. The van der Waals surface area contributed by atoms with Gasteiger partial charge in [0.2, 0.25) is 11.0 Å². The van der Waals surface area contributed by atoms with E-state index in [1.165, 1.54) is 6.92 Å². The van der Waals surface area contributed by atoms with Crippen molar-refractivity contribution in [2.75, 3.05) is 10.6 Å². The van der Waals surface area contributed by atoms with Gasteiger partial charge in [-0.25, -0.2) is 4.98 Å². The summed E-state index contributed by atoms with van der Waals surface area (Å²) in [6, 6.07) is 15.8. The van der Waals surface area contributed by atoms with Crippen LogP contribution in [0, 0.1) is 6.92 Å². The summed E-state index contributed by atoms with van der Waals surface area (Å²) < 4.78 is 2.99. The number of carbonyl (C=O) groups is 2. The van der Waals surface area contributed by atoms with Crippen molar-refractivity contribution in [3.63, 3.8) is 0 Å². The molecule has 8 heteroatoms. The molecular formula is C26H23N5O2S. The highest BCUT2D eigenvalue weighted by atomic mass is 32.1. The van der Waals surface area contributed by atoms with Crippen LogP contribution in [0.3, 0.4) is 0 Å². The lowest BCUT2D eigenvalue weighted by atomic mass is 9.76. The quantitative estimate of drug-likeness (QED) is 0.424. The molecule has 7 nitrogen and oxygen atoms in total. The minimum Gasteiger partial charge on any atom is -0.343 e. The van der Waals surface area contributed by atoms with E-state index in [2.05, 4.69) is 16.7 Å². The summed E-state index contributed by atoms with van der Waals surface area (Å²) in [6.45, 7) is 3.48. The summed E-state index contributed by atoms with van der Waals surface area (Å²) in [4.78, 5) is 29.4. The van der Waals surface area contributed by atoms with E-state index in [9.17, 15) is 9.59 Å². The molecule has 0 saturated carbocycles. The van der Waals surface area contributed by atoms with Crippen LogP contribution in [0.25, 0.3) is 15.3 Å². The van der Waals surface area contributed by atoms with Gasteiger partial charge in [0, 0.05) is 41.8 Å². The molecule has 2 N–H and O–H groups in total. The smallest absolute Gasteiger partial charge is 0.221 e. The zero-order valence-corrected chi connectivity index (χ0v) is 19.7. The minimum atomic E-state index is -0.214. The fourth-order valence-electron chi connectivity index (χ4n) is 5.01. The fourth-order valence-corrected chi connectivity index (χ4v) is 5.93. The third-order valence-corrected chi connectivity index (χ3v) is 7.45. The summed E-state index contributed by atoms with van der Waals surface area (Å²) >= 11 is 1.60. The number of hydrogen-bond donors (Lipinski definition) is 2. The van der Waals surface area contributed by atoms with E-state index in [4.69, 9.17) is 10.1 Å². The van der Waals surface area contributed by atoms with E-state index in [1.54, 1.807) is 11.3 Å². The highest BCUT2D eigenvalue weighted by Gasteiger charge is 2.39. The van der Waals surface area contributed by atoms with Gasteiger partial charge in [0.15, 0.2) is 5.78 Å². The number of fused-ring (bicyclic) bond motifs is 2. The Morgan fingerprint density at radius 1 is 1.15 bits per heavy atom. The first-order valence-corrected chi connectivity index (χ1v) is 12.2. The lowest BCUT2D eigenvalue weighted by molar-refractivity contribution is -0.116. The van der Waals surface area contributed by atoms with E-state index in [0.717, 1.165) is 67.8 Å². The molecule has 4 aromatic rings. The number of rotatable bonds is 3. The van der Waals surface area contributed by atoms with Crippen molar-refractivity contribution in [3.05, 3.63) is 76.6 Å². The molecule has 0 radical (unpaired) electrons. The summed E-state index contributed by atoms with van der Waals surface area (Å²) in [5, 5.41) is 12.1. The lowest BCUT2D eigenvalue weighted by Crippen LogP contribution is -2.27. The topological polar surface area (TPSA) is 88.9 Å². The van der Waals surface area contributed by atoms with Crippen molar-refractivity contribution in [3.8, 4) is 5.13 Å². The molecule has 0 spiro atoms. The average Bonchev–Trinajstić information content (AvgIpc) is 3.39. The highest BCUT2D eigenvalue weighted by Crippen LogP contribution is 2.47. The second-order valence-electron chi connectivity index (χ2n) is 8.75. The van der Waals surface area contributed by atoms with Gasteiger partial charge >= 0.3 is 0 Å². The molecule has 6 rings (SSSR count). The monoisotopic (exact) mass is 469 g/mol. The summed E-state index contributed by atoms with van der Waals surface area (Å²) in [6.07, 6.45) is 2.22. The number of aryl methyl sites for hydroxylation is 1. The molecule has 1 amide bonds. The number of ketones is 1. The van der Waals surface area contributed by atoms with Gasteiger partial charge in [-0.05, 0) is 49.6 Å². The van der Waals surface area contributed by atoms with Gasteiger partial charge in [-0.3, -0.25) is 9.59 Å². The highest BCUT2D eigenvalue weighted by molar-refractivity contribution is 7.20. The Labute approximate surface area is 200 Å². The van der Waals surface area contributed by atoms with Crippen molar-refractivity contribution in [1.29, 1.82) is 0 Å². The van der Waals surface area contributed by atoms with Crippen LogP contribution in [-0.2, 0) is 9.59 Å². The Morgan fingerprint density at radius 3 is 2.71 bits per heavy atom. The molecule has 2 aliphatic rings. The standard InChI is InChI=1S/C26H23N5O2S/c1-14-22-23(16-10-12-17(13-11-16)27-15(2)32)24-19(7-5-8-20(24)33)28-25(22)31(30-14)26-29-18-6-3-4-9-21(18)34-26/h3-4,6,9-13,23,28H,5,7-8H2,1-2H3,(H,27,32)/t23-/m1/s1. The molecule has 1 atom stereocenters. The SMILES string of the molecule is CC(=O)Nc1ccc([C@H]2C3=C(CCCC3=O)Nc3c2c(C)nn3-c2nc3ccccc3s2)cc1. The number of anilines is 2. The van der Waals surface area contributed by atoms with E-state index in [1.807, 2.05) is 54.1 Å². The third-order valence-electron chi connectivity index (χ3n) is 6.44. The first-order valence-electron chi connectivity index (χ1n) is 11.4. The van der Waals surface area contributed by atoms with Crippen LogP contribution >= 0.6 is 11.3 Å². The third kappa shape index (κ3) is 3.33.